The van der Waals surface area contributed by atoms with E-state index in [0.29, 0.717) is 5.92 Å². The Kier molecular flexibility index (Phi) is 5.40. The van der Waals surface area contributed by atoms with Crippen LogP contribution < -0.4 is 5.43 Å². The Hall–Kier alpha value is -0.870. The molecule has 2 nitrogen and oxygen atoms in total. The summed E-state index contributed by atoms with van der Waals surface area (Å²) in [4.78, 5) is 0.897. The number of nitrogens with zero attached hydrogens (tertiary/aromatic N) is 1. The highest BCUT2D eigenvalue weighted by Gasteiger charge is 2.17. The summed E-state index contributed by atoms with van der Waals surface area (Å²) in [6.07, 6.45) is 3.24. The average molecular weight is 292 g/mol. The molecular formula is C15H20N2S2. The molecule has 0 bridgehead atoms. The SMILES string of the molecule is CCC1CCC(SCc2ccccc2C)=NNC1=S. The van der Waals surface area contributed by atoms with E-state index < -0.39 is 0 Å². The number of nitrogens with one attached hydrogen (secondary N) is 1. The Balaban J connectivity index is 1.93. The van der Waals surface area contributed by atoms with Crippen LogP contribution in [0.5, 0.6) is 0 Å². The lowest BCUT2D eigenvalue weighted by atomic mass is 10.0. The highest BCUT2D eigenvalue weighted by Crippen LogP contribution is 2.23. The van der Waals surface area contributed by atoms with Gasteiger partial charge in [-0.05, 0) is 37.3 Å². The molecule has 0 saturated carbocycles. The Morgan fingerprint density at radius 1 is 1.42 bits per heavy atom. The first-order valence-electron chi connectivity index (χ1n) is 6.74. The number of thiocarbonyl (C=S) groups is 1. The molecule has 0 fully saturated rings. The summed E-state index contributed by atoms with van der Waals surface area (Å²) in [5, 5.41) is 5.60. The predicted octanol–water partition coefficient (Wildman–Crippen LogP) is 4.28. The first-order chi connectivity index (χ1) is 9.20. The molecule has 1 aliphatic heterocycles. The van der Waals surface area contributed by atoms with Crippen LogP contribution >= 0.6 is 24.0 Å². The zero-order valence-corrected chi connectivity index (χ0v) is 13.1. The molecule has 0 amide bonds. The lowest BCUT2D eigenvalue weighted by Gasteiger charge is -2.10. The molecular weight excluding hydrogens is 272 g/mol. The second-order valence-electron chi connectivity index (χ2n) is 4.84. The largest absolute Gasteiger partial charge is 0.271 e. The maximum Gasteiger partial charge on any atom is 0.0992 e. The van der Waals surface area contributed by atoms with Gasteiger partial charge in [-0.2, -0.15) is 5.10 Å². The number of thioether (sulfide) groups is 1. The Labute approximate surface area is 125 Å². The first kappa shape index (κ1) is 14.5. The summed E-state index contributed by atoms with van der Waals surface area (Å²) >= 11 is 7.16. The van der Waals surface area contributed by atoms with E-state index in [1.807, 2.05) is 11.8 Å². The van der Waals surface area contributed by atoms with E-state index in [0.717, 1.165) is 30.0 Å². The molecule has 1 heterocycles. The molecule has 0 radical (unpaired) electrons. The van der Waals surface area contributed by atoms with Crippen LogP contribution in [0.2, 0.25) is 0 Å². The van der Waals surface area contributed by atoms with E-state index in [2.05, 4.69) is 48.6 Å². The average Bonchev–Trinajstić information content (AvgIpc) is 2.60. The normalized spacial score (nSPS) is 19.6. The first-order valence-corrected chi connectivity index (χ1v) is 8.13. The van der Waals surface area contributed by atoms with Gasteiger partial charge >= 0.3 is 0 Å². The molecule has 4 heteroatoms. The zero-order valence-electron chi connectivity index (χ0n) is 11.5. The van der Waals surface area contributed by atoms with Crippen molar-refractivity contribution < 1.29 is 0 Å². The minimum atomic E-state index is 0.482. The highest BCUT2D eigenvalue weighted by molar-refractivity contribution is 8.13. The molecule has 0 spiro atoms. The minimum Gasteiger partial charge on any atom is -0.271 e. The van der Waals surface area contributed by atoms with E-state index in [1.54, 1.807) is 0 Å². The van der Waals surface area contributed by atoms with Crippen molar-refractivity contribution in [1.29, 1.82) is 0 Å². The molecule has 1 N–H and O–H groups in total. The van der Waals surface area contributed by atoms with Gasteiger partial charge in [-0.25, -0.2) is 0 Å². The van der Waals surface area contributed by atoms with Crippen molar-refractivity contribution in [2.45, 2.75) is 38.9 Å². The molecule has 0 aromatic heterocycles. The summed E-state index contributed by atoms with van der Waals surface area (Å²) in [7, 11) is 0. The summed E-state index contributed by atoms with van der Waals surface area (Å²) < 4.78 is 0. The standard InChI is InChI=1S/C15H20N2S2/c1-3-12-8-9-14(16-17-15(12)18)19-10-13-7-5-4-6-11(13)2/h4-7,12H,3,8-10H2,1-2H3,(H,17,18). The molecule has 1 aromatic carbocycles. The summed E-state index contributed by atoms with van der Waals surface area (Å²) in [6.45, 7) is 4.34. The van der Waals surface area contributed by atoms with Crippen LogP contribution in [0.1, 0.15) is 37.3 Å². The van der Waals surface area contributed by atoms with Crippen molar-refractivity contribution in [2.75, 3.05) is 0 Å². The monoisotopic (exact) mass is 292 g/mol. The van der Waals surface area contributed by atoms with Crippen LogP contribution in [-0.2, 0) is 5.75 Å². The fourth-order valence-corrected chi connectivity index (χ4v) is 3.47. The number of rotatable bonds is 3. The molecule has 1 atom stereocenters. The van der Waals surface area contributed by atoms with E-state index in [-0.39, 0.29) is 0 Å². The van der Waals surface area contributed by atoms with Gasteiger partial charge in [0, 0.05) is 11.7 Å². The van der Waals surface area contributed by atoms with Crippen LogP contribution in [0.25, 0.3) is 0 Å². The summed E-state index contributed by atoms with van der Waals surface area (Å²) in [6, 6.07) is 8.52. The fourth-order valence-electron chi connectivity index (χ4n) is 2.12. The van der Waals surface area contributed by atoms with Crippen molar-refractivity contribution in [3.63, 3.8) is 0 Å². The van der Waals surface area contributed by atoms with Crippen LogP contribution in [0, 0.1) is 12.8 Å². The maximum absolute atomic E-state index is 5.34. The number of hydrogen-bond acceptors (Lipinski definition) is 3. The number of hydrogen-bond donors (Lipinski definition) is 1. The second-order valence-corrected chi connectivity index (χ2v) is 6.33. The van der Waals surface area contributed by atoms with Crippen molar-refractivity contribution in [1.82, 2.24) is 5.43 Å². The lowest BCUT2D eigenvalue weighted by Crippen LogP contribution is -2.22. The third-order valence-corrected chi connectivity index (χ3v) is 5.03. The molecule has 1 unspecified atom stereocenters. The van der Waals surface area contributed by atoms with Crippen molar-refractivity contribution in [2.24, 2.45) is 11.0 Å². The fraction of sp³-hybridized carbons (Fsp3) is 0.467. The van der Waals surface area contributed by atoms with Gasteiger partial charge in [0.15, 0.2) is 0 Å². The Bertz CT molecular complexity index is 483. The molecule has 0 saturated heterocycles. The molecule has 19 heavy (non-hydrogen) atoms. The van der Waals surface area contributed by atoms with E-state index in [9.17, 15) is 0 Å². The van der Waals surface area contributed by atoms with Gasteiger partial charge in [-0.15, -0.1) is 11.8 Å². The molecule has 102 valence electrons. The van der Waals surface area contributed by atoms with Gasteiger partial charge in [-0.3, -0.25) is 5.43 Å². The minimum absolute atomic E-state index is 0.482. The third kappa shape index (κ3) is 4.05. The summed E-state index contributed by atoms with van der Waals surface area (Å²) in [5.41, 5.74) is 5.77. The van der Waals surface area contributed by atoms with E-state index in [4.69, 9.17) is 12.2 Å². The Morgan fingerprint density at radius 2 is 2.21 bits per heavy atom. The highest BCUT2D eigenvalue weighted by atomic mass is 32.2. The topological polar surface area (TPSA) is 24.4 Å². The summed E-state index contributed by atoms with van der Waals surface area (Å²) in [5.74, 6) is 1.46. The van der Waals surface area contributed by atoms with Crippen molar-refractivity contribution in [3.8, 4) is 0 Å². The van der Waals surface area contributed by atoms with Crippen LogP contribution in [0.15, 0.2) is 29.4 Å². The number of hydrazone groups is 1. The predicted molar refractivity (Wildman–Crippen MR) is 88.7 cm³/mol. The number of benzene rings is 1. The lowest BCUT2D eigenvalue weighted by molar-refractivity contribution is 0.624. The molecule has 1 aliphatic rings. The van der Waals surface area contributed by atoms with Gasteiger partial charge < -0.3 is 0 Å². The van der Waals surface area contributed by atoms with Gasteiger partial charge in [-0.1, -0.05) is 43.4 Å². The maximum atomic E-state index is 5.34. The van der Waals surface area contributed by atoms with E-state index in [1.165, 1.54) is 16.2 Å². The molecule has 1 aromatic rings. The van der Waals surface area contributed by atoms with Gasteiger partial charge in [0.1, 0.15) is 0 Å². The number of aryl methyl sites for hydroxylation is 1. The van der Waals surface area contributed by atoms with Gasteiger partial charge in [0.05, 0.1) is 10.0 Å². The quantitative estimate of drug-likeness (QED) is 0.842. The van der Waals surface area contributed by atoms with Crippen LogP contribution in [0.3, 0.4) is 0 Å². The third-order valence-electron chi connectivity index (χ3n) is 3.52. The second kappa shape index (κ2) is 7.06. The molecule has 2 rings (SSSR count). The smallest absolute Gasteiger partial charge is 0.0992 e. The van der Waals surface area contributed by atoms with E-state index >= 15 is 0 Å². The van der Waals surface area contributed by atoms with Gasteiger partial charge in [0.25, 0.3) is 0 Å². The molecule has 0 aliphatic carbocycles. The van der Waals surface area contributed by atoms with Crippen LogP contribution in [-0.4, -0.2) is 10.0 Å². The van der Waals surface area contributed by atoms with Crippen molar-refractivity contribution in [3.05, 3.63) is 35.4 Å². The Morgan fingerprint density at radius 3 is 2.95 bits per heavy atom. The van der Waals surface area contributed by atoms with Crippen LogP contribution in [0.4, 0.5) is 0 Å². The zero-order chi connectivity index (χ0) is 13.7. The van der Waals surface area contributed by atoms with Gasteiger partial charge in [0.2, 0.25) is 0 Å². The van der Waals surface area contributed by atoms with Crippen molar-refractivity contribution >= 4 is 34.0 Å².